The van der Waals surface area contributed by atoms with Gasteiger partial charge in [0.15, 0.2) is 6.61 Å². The SMILES string of the molecule is Cc1ccc(C(=O)OCC(=O)Nc2cccc3nsnc23)cc1S(=O)(=O)N1CCCCC1. The zero-order chi connectivity index (χ0) is 22.7. The van der Waals surface area contributed by atoms with Gasteiger partial charge >= 0.3 is 5.97 Å². The maximum atomic E-state index is 13.0. The van der Waals surface area contributed by atoms with E-state index in [1.54, 1.807) is 31.2 Å². The molecule has 0 aliphatic carbocycles. The third-order valence-corrected chi connectivity index (χ3v) is 7.83. The Bertz CT molecular complexity index is 1270. The molecule has 1 saturated heterocycles. The normalized spacial score (nSPS) is 14.9. The molecule has 2 aromatic carbocycles. The quantitative estimate of drug-likeness (QED) is 0.546. The lowest BCUT2D eigenvalue weighted by atomic mass is 10.1. The molecule has 1 aliphatic heterocycles. The van der Waals surface area contributed by atoms with Gasteiger partial charge < -0.3 is 10.1 Å². The van der Waals surface area contributed by atoms with Crippen LogP contribution in [0.25, 0.3) is 11.0 Å². The second-order valence-electron chi connectivity index (χ2n) is 7.51. The molecule has 1 N–H and O–H groups in total. The van der Waals surface area contributed by atoms with Gasteiger partial charge in [0, 0.05) is 13.1 Å². The van der Waals surface area contributed by atoms with E-state index in [0.29, 0.717) is 35.4 Å². The van der Waals surface area contributed by atoms with Crippen molar-refractivity contribution >= 4 is 50.3 Å². The fourth-order valence-corrected chi connectivity index (χ4v) is 5.87. The van der Waals surface area contributed by atoms with Crippen molar-refractivity contribution in [2.75, 3.05) is 25.0 Å². The van der Waals surface area contributed by atoms with E-state index in [4.69, 9.17) is 4.74 Å². The van der Waals surface area contributed by atoms with Crippen molar-refractivity contribution in [2.45, 2.75) is 31.1 Å². The van der Waals surface area contributed by atoms with Gasteiger partial charge in [-0.1, -0.05) is 18.6 Å². The standard InChI is InChI=1S/C21H22N4O5S2/c1-14-8-9-15(12-18(14)32(28,29)25-10-3-2-4-11-25)21(27)30-13-19(26)22-16-6-5-7-17-20(16)24-31-23-17/h5-9,12H,2-4,10-11,13H2,1H3,(H,22,26). The summed E-state index contributed by atoms with van der Waals surface area (Å²) >= 11 is 1.03. The largest absolute Gasteiger partial charge is 0.452 e. The number of nitrogens with one attached hydrogen (secondary N) is 1. The van der Waals surface area contributed by atoms with Gasteiger partial charge in [-0.2, -0.15) is 13.1 Å². The molecule has 32 heavy (non-hydrogen) atoms. The number of amides is 1. The molecule has 11 heteroatoms. The first-order chi connectivity index (χ1) is 15.4. The maximum Gasteiger partial charge on any atom is 0.338 e. The number of fused-ring (bicyclic) bond motifs is 1. The van der Waals surface area contributed by atoms with E-state index in [2.05, 4.69) is 14.1 Å². The van der Waals surface area contributed by atoms with Crippen LogP contribution in [0.3, 0.4) is 0 Å². The minimum atomic E-state index is -3.70. The van der Waals surface area contributed by atoms with E-state index in [1.165, 1.54) is 16.4 Å². The number of hydrogen-bond donors (Lipinski definition) is 1. The number of rotatable bonds is 6. The second kappa shape index (κ2) is 9.31. The first kappa shape index (κ1) is 22.3. The van der Waals surface area contributed by atoms with Crippen LogP contribution in [-0.4, -0.2) is 53.0 Å². The highest BCUT2D eigenvalue weighted by Crippen LogP contribution is 2.25. The van der Waals surface area contributed by atoms with Crippen molar-refractivity contribution in [2.24, 2.45) is 0 Å². The van der Waals surface area contributed by atoms with Crippen LogP contribution >= 0.6 is 11.7 Å². The average Bonchev–Trinajstić information content (AvgIpc) is 3.28. The van der Waals surface area contributed by atoms with E-state index >= 15 is 0 Å². The van der Waals surface area contributed by atoms with Gasteiger partial charge in [-0.3, -0.25) is 4.79 Å². The highest BCUT2D eigenvalue weighted by atomic mass is 32.2. The van der Waals surface area contributed by atoms with Crippen molar-refractivity contribution in [3.63, 3.8) is 0 Å². The summed E-state index contributed by atoms with van der Waals surface area (Å²) in [6.07, 6.45) is 2.65. The van der Waals surface area contributed by atoms with Crippen molar-refractivity contribution in [1.82, 2.24) is 13.1 Å². The Morgan fingerprint density at radius 3 is 2.69 bits per heavy atom. The average molecular weight is 475 g/mol. The topological polar surface area (TPSA) is 119 Å². The van der Waals surface area contributed by atoms with Crippen LogP contribution in [0.4, 0.5) is 5.69 Å². The number of aromatic nitrogens is 2. The Morgan fingerprint density at radius 1 is 1.12 bits per heavy atom. The number of sulfonamides is 1. The molecule has 0 atom stereocenters. The number of carbonyl (C=O) groups is 2. The second-order valence-corrected chi connectivity index (χ2v) is 9.94. The molecule has 1 aliphatic rings. The van der Waals surface area contributed by atoms with Crippen LogP contribution in [0.2, 0.25) is 0 Å². The number of hydrogen-bond acceptors (Lipinski definition) is 8. The van der Waals surface area contributed by atoms with Gasteiger partial charge in [0.25, 0.3) is 5.91 Å². The highest BCUT2D eigenvalue weighted by Gasteiger charge is 2.28. The first-order valence-corrected chi connectivity index (χ1v) is 12.3. The molecule has 1 fully saturated rings. The Labute approximate surface area is 189 Å². The number of anilines is 1. The maximum absolute atomic E-state index is 13.0. The Hall–Kier alpha value is -2.89. The van der Waals surface area contributed by atoms with Gasteiger partial charge in [0.05, 0.1) is 27.9 Å². The molecule has 2 heterocycles. The smallest absolute Gasteiger partial charge is 0.338 e. The lowest BCUT2D eigenvalue weighted by molar-refractivity contribution is -0.119. The summed E-state index contributed by atoms with van der Waals surface area (Å²) < 4.78 is 40.9. The Morgan fingerprint density at radius 2 is 1.91 bits per heavy atom. The minimum absolute atomic E-state index is 0.0739. The van der Waals surface area contributed by atoms with Gasteiger partial charge in [-0.05, 0) is 49.6 Å². The number of piperidine rings is 1. The van der Waals surface area contributed by atoms with Crippen LogP contribution in [0, 0.1) is 6.92 Å². The predicted molar refractivity (Wildman–Crippen MR) is 120 cm³/mol. The molecule has 168 valence electrons. The minimum Gasteiger partial charge on any atom is -0.452 e. The molecular formula is C21H22N4O5S2. The molecule has 1 aromatic heterocycles. The summed E-state index contributed by atoms with van der Waals surface area (Å²) in [4.78, 5) is 24.9. The van der Waals surface area contributed by atoms with E-state index in [1.807, 2.05) is 0 Å². The number of ether oxygens (including phenoxy) is 1. The van der Waals surface area contributed by atoms with E-state index < -0.39 is 28.5 Å². The molecule has 1 amide bonds. The Balaban J connectivity index is 1.44. The first-order valence-electron chi connectivity index (χ1n) is 10.2. The molecule has 0 bridgehead atoms. The van der Waals surface area contributed by atoms with Crippen LogP contribution in [0.5, 0.6) is 0 Å². The lowest BCUT2D eigenvalue weighted by Gasteiger charge is -2.26. The summed E-state index contributed by atoms with van der Waals surface area (Å²) in [5.41, 5.74) is 2.32. The predicted octanol–water partition coefficient (Wildman–Crippen LogP) is 2.97. The molecule has 3 aromatic rings. The number of esters is 1. The third kappa shape index (κ3) is 4.64. The summed E-state index contributed by atoms with van der Waals surface area (Å²) in [6, 6.07) is 9.58. The van der Waals surface area contributed by atoms with Crippen molar-refractivity contribution in [3.8, 4) is 0 Å². The fourth-order valence-electron chi connectivity index (χ4n) is 3.56. The monoisotopic (exact) mass is 474 g/mol. The zero-order valence-electron chi connectivity index (χ0n) is 17.4. The third-order valence-electron chi connectivity index (χ3n) is 5.25. The molecular weight excluding hydrogens is 452 g/mol. The fraction of sp³-hybridized carbons (Fsp3) is 0.333. The van der Waals surface area contributed by atoms with Gasteiger partial charge in [-0.15, -0.1) is 0 Å². The summed E-state index contributed by atoms with van der Waals surface area (Å²) in [7, 11) is -3.70. The van der Waals surface area contributed by atoms with Crippen molar-refractivity contribution < 1.29 is 22.7 Å². The van der Waals surface area contributed by atoms with E-state index in [0.717, 1.165) is 31.0 Å². The van der Waals surface area contributed by atoms with E-state index in [-0.39, 0.29) is 10.5 Å². The van der Waals surface area contributed by atoms with Gasteiger partial charge in [-0.25, -0.2) is 13.2 Å². The van der Waals surface area contributed by atoms with Crippen LogP contribution in [0.15, 0.2) is 41.3 Å². The lowest BCUT2D eigenvalue weighted by Crippen LogP contribution is -2.36. The zero-order valence-corrected chi connectivity index (χ0v) is 19.0. The van der Waals surface area contributed by atoms with Crippen molar-refractivity contribution in [1.29, 1.82) is 0 Å². The highest BCUT2D eigenvalue weighted by molar-refractivity contribution is 7.89. The van der Waals surface area contributed by atoms with Crippen LogP contribution < -0.4 is 5.32 Å². The number of carbonyl (C=O) groups excluding carboxylic acids is 2. The number of nitrogens with zero attached hydrogens (tertiary/aromatic N) is 3. The summed E-state index contributed by atoms with van der Waals surface area (Å²) in [5.74, 6) is -1.31. The molecule has 9 nitrogen and oxygen atoms in total. The molecule has 0 saturated carbocycles. The van der Waals surface area contributed by atoms with Crippen LogP contribution in [-0.2, 0) is 19.6 Å². The van der Waals surface area contributed by atoms with Gasteiger partial charge in [0.2, 0.25) is 10.0 Å². The summed E-state index contributed by atoms with van der Waals surface area (Å²) in [6.45, 7) is 2.11. The van der Waals surface area contributed by atoms with Gasteiger partial charge in [0.1, 0.15) is 11.0 Å². The van der Waals surface area contributed by atoms with Crippen LogP contribution in [0.1, 0.15) is 35.2 Å². The summed E-state index contributed by atoms with van der Waals surface area (Å²) in [5, 5.41) is 2.65. The van der Waals surface area contributed by atoms with E-state index in [9.17, 15) is 18.0 Å². The molecule has 0 spiro atoms. The molecule has 4 rings (SSSR count). The number of benzene rings is 2. The van der Waals surface area contributed by atoms with Crippen molar-refractivity contribution in [3.05, 3.63) is 47.5 Å². The molecule has 0 radical (unpaired) electrons. The molecule has 0 unspecified atom stereocenters. The Kier molecular flexibility index (Phi) is 6.49. The number of aryl methyl sites for hydroxylation is 1.